The Labute approximate surface area is 112 Å². The highest BCUT2D eigenvalue weighted by Gasteiger charge is 2.31. The van der Waals surface area contributed by atoms with Gasteiger partial charge in [0.25, 0.3) is 0 Å². The number of ether oxygens (including phenoxy) is 1. The fraction of sp³-hybridized carbons (Fsp3) is 0.167. The Kier molecular flexibility index (Phi) is 3.57. The van der Waals surface area contributed by atoms with Gasteiger partial charge in [-0.2, -0.15) is 13.2 Å². The average molecular weight is 286 g/mol. The second-order valence-corrected chi connectivity index (χ2v) is 4.17. The second kappa shape index (κ2) is 5.00. The van der Waals surface area contributed by atoms with Crippen molar-refractivity contribution in [3.05, 3.63) is 40.7 Å². The molecule has 0 amide bonds. The smallest absolute Gasteiger partial charge is 0.416 e. The van der Waals surface area contributed by atoms with Crippen molar-refractivity contribution in [3.8, 4) is 17.1 Å². The third kappa shape index (κ3) is 3.11. The maximum Gasteiger partial charge on any atom is 0.416 e. The summed E-state index contributed by atoms with van der Waals surface area (Å²) in [5, 5.41) is 0. The number of nitrogens with zero attached hydrogens (tertiary/aromatic N) is 1. The first kappa shape index (κ1) is 13.5. The molecule has 3 nitrogen and oxygen atoms in total. The molecule has 0 saturated carbocycles. The second-order valence-electron chi connectivity index (χ2n) is 3.73. The molecule has 0 unspecified atom stereocenters. The van der Waals surface area contributed by atoms with Gasteiger partial charge in [0.05, 0.1) is 12.7 Å². The largest absolute Gasteiger partial charge is 0.481 e. The van der Waals surface area contributed by atoms with E-state index in [1.807, 2.05) is 0 Å². The zero-order chi connectivity index (χ0) is 14.0. The highest BCUT2D eigenvalue weighted by atomic mass is 32.1. The van der Waals surface area contributed by atoms with Crippen molar-refractivity contribution >= 4 is 12.2 Å². The fourth-order valence-electron chi connectivity index (χ4n) is 1.52. The summed E-state index contributed by atoms with van der Waals surface area (Å²) < 4.78 is 43.0. The number of nitrogens with one attached hydrogen (secondary N) is 1. The van der Waals surface area contributed by atoms with Crippen LogP contribution in [0.2, 0.25) is 0 Å². The van der Waals surface area contributed by atoms with E-state index in [2.05, 4.69) is 9.97 Å². The highest BCUT2D eigenvalue weighted by molar-refractivity contribution is 7.71. The molecule has 1 N–H and O–H groups in total. The molecule has 0 aliphatic heterocycles. The van der Waals surface area contributed by atoms with E-state index < -0.39 is 11.7 Å². The highest BCUT2D eigenvalue weighted by Crippen LogP contribution is 2.31. The first-order valence-corrected chi connectivity index (χ1v) is 5.63. The first-order valence-electron chi connectivity index (χ1n) is 5.22. The molecule has 100 valence electrons. The number of aromatic nitrogens is 2. The van der Waals surface area contributed by atoms with Gasteiger partial charge in [-0.15, -0.1) is 0 Å². The molecular weight excluding hydrogens is 277 g/mol. The Morgan fingerprint density at radius 2 is 2.00 bits per heavy atom. The number of hydrogen-bond donors (Lipinski definition) is 1. The lowest BCUT2D eigenvalue weighted by Crippen LogP contribution is -2.05. The Hall–Kier alpha value is -1.89. The van der Waals surface area contributed by atoms with Gasteiger partial charge in [0.15, 0.2) is 0 Å². The average Bonchev–Trinajstić information content (AvgIpc) is 2.37. The van der Waals surface area contributed by atoms with Gasteiger partial charge in [-0.25, -0.2) is 4.98 Å². The van der Waals surface area contributed by atoms with Crippen LogP contribution in [0, 0.1) is 4.64 Å². The molecule has 0 aromatic carbocycles. The van der Waals surface area contributed by atoms with E-state index in [9.17, 15) is 13.2 Å². The minimum atomic E-state index is -4.43. The van der Waals surface area contributed by atoms with Gasteiger partial charge in [-0.1, -0.05) is 12.2 Å². The van der Waals surface area contributed by atoms with Crippen molar-refractivity contribution in [2.45, 2.75) is 6.18 Å². The summed E-state index contributed by atoms with van der Waals surface area (Å²) >= 11 is 4.80. The molecule has 0 radical (unpaired) electrons. The van der Waals surface area contributed by atoms with E-state index in [1.165, 1.54) is 13.3 Å². The number of methoxy groups -OCH3 is 1. The van der Waals surface area contributed by atoms with E-state index in [4.69, 9.17) is 17.0 Å². The van der Waals surface area contributed by atoms with Crippen LogP contribution in [0.1, 0.15) is 5.56 Å². The topological polar surface area (TPSA) is 37.9 Å². The number of hydrogen-bond acceptors (Lipinski definition) is 3. The Morgan fingerprint density at radius 3 is 2.53 bits per heavy atom. The van der Waals surface area contributed by atoms with Crippen LogP contribution in [0.3, 0.4) is 0 Å². The van der Waals surface area contributed by atoms with Crippen LogP contribution < -0.4 is 4.74 Å². The lowest BCUT2D eigenvalue weighted by Gasteiger charge is -2.09. The first-order chi connectivity index (χ1) is 8.90. The molecule has 0 atom stereocenters. The summed E-state index contributed by atoms with van der Waals surface area (Å²) in [5.74, 6) is 0.384. The standard InChI is InChI=1S/C12H9F3N2OS/c1-18-10-3-2-7(6-16-10)9-4-8(12(13,14)15)5-11(19)17-9/h2-6H,1H3,(H,17,19). The SMILES string of the molecule is COc1ccc(-c2cc(C(F)(F)F)cc(=S)[nH]2)cn1. The minimum Gasteiger partial charge on any atom is -0.481 e. The van der Waals surface area contributed by atoms with E-state index in [0.717, 1.165) is 12.1 Å². The predicted molar refractivity (Wildman–Crippen MR) is 66.4 cm³/mol. The summed E-state index contributed by atoms with van der Waals surface area (Å²) in [6.07, 6.45) is -3.02. The maximum atomic E-state index is 12.7. The van der Waals surface area contributed by atoms with E-state index in [1.54, 1.807) is 12.1 Å². The van der Waals surface area contributed by atoms with Gasteiger partial charge in [0.1, 0.15) is 4.64 Å². The zero-order valence-electron chi connectivity index (χ0n) is 9.78. The molecule has 7 heteroatoms. The molecule has 0 spiro atoms. The molecule has 0 fully saturated rings. The van der Waals surface area contributed by atoms with Crippen molar-refractivity contribution in [2.75, 3.05) is 7.11 Å². The van der Waals surface area contributed by atoms with Gasteiger partial charge in [-0.05, 0) is 18.2 Å². The number of alkyl halides is 3. The molecule has 2 heterocycles. The number of H-pyrrole nitrogens is 1. The predicted octanol–water partition coefficient (Wildman–Crippen LogP) is 3.83. The van der Waals surface area contributed by atoms with E-state index in [0.29, 0.717) is 11.4 Å². The number of pyridine rings is 2. The quantitative estimate of drug-likeness (QED) is 0.852. The van der Waals surface area contributed by atoms with Gasteiger partial charge in [0.2, 0.25) is 5.88 Å². The van der Waals surface area contributed by atoms with Crippen molar-refractivity contribution in [1.29, 1.82) is 0 Å². The van der Waals surface area contributed by atoms with Gasteiger partial charge in [0, 0.05) is 23.5 Å². The summed E-state index contributed by atoms with van der Waals surface area (Å²) in [7, 11) is 1.46. The van der Waals surface area contributed by atoms with Gasteiger partial charge >= 0.3 is 6.18 Å². The Bertz CT molecular complexity index is 635. The fourth-order valence-corrected chi connectivity index (χ4v) is 1.76. The zero-order valence-corrected chi connectivity index (χ0v) is 10.6. The molecule has 2 rings (SSSR count). The molecule has 2 aromatic rings. The van der Waals surface area contributed by atoms with Crippen molar-refractivity contribution in [1.82, 2.24) is 9.97 Å². The van der Waals surface area contributed by atoms with Crippen LogP contribution in [0.5, 0.6) is 5.88 Å². The number of halogens is 3. The van der Waals surface area contributed by atoms with Crippen molar-refractivity contribution in [2.24, 2.45) is 0 Å². The van der Waals surface area contributed by atoms with Crippen LogP contribution in [0.15, 0.2) is 30.5 Å². The number of aromatic amines is 1. The van der Waals surface area contributed by atoms with Gasteiger partial charge < -0.3 is 9.72 Å². The van der Waals surface area contributed by atoms with Crippen LogP contribution >= 0.6 is 12.2 Å². The normalized spacial score (nSPS) is 11.4. The molecule has 0 saturated heterocycles. The summed E-state index contributed by atoms with van der Waals surface area (Å²) in [6, 6.07) is 5.05. The van der Waals surface area contributed by atoms with Gasteiger partial charge in [-0.3, -0.25) is 0 Å². The summed E-state index contributed by atoms with van der Waals surface area (Å²) in [5.41, 5.74) is -0.0324. The van der Waals surface area contributed by atoms with Crippen LogP contribution in [-0.2, 0) is 6.18 Å². The summed E-state index contributed by atoms with van der Waals surface area (Å²) in [4.78, 5) is 6.65. The van der Waals surface area contributed by atoms with Crippen LogP contribution in [0.4, 0.5) is 13.2 Å². The Balaban J connectivity index is 2.49. The monoisotopic (exact) mass is 286 g/mol. The van der Waals surface area contributed by atoms with E-state index in [-0.39, 0.29) is 10.3 Å². The molecule has 19 heavy (non-hydrogen) atoms. The van der Waals surface area contributed by atoms with E-state index >= 15 is 0 Å². The molecule has 0 aliphatic carbocycles. The molecule has 0 bridgehead atoms. The molecule has 2 aromatic heterocycles. The number of rotatable bonds is 2. The lowest BCUT2D eigenvalue weighted by atomic mass is 10.1. The minimum absolute atomic E-state index is 0.0145. The third-order valence-electron chi connectivity index (χ3n) is 2.43. The van der Waals surface area contributed by atoms with Crippen molar-refractivity contribution in [3.63, 3.8) is 0 Å². The molecule has 0 aliphatic rings. The molecular formula is C12H9F3N2OS. The Morgan fingerprint density at radius 1 is 1.26 bits per heavy atom. The lowest BCUT2D eigenvalue weighted by molar-refractivity contribution is -0.137. The third-order valence-corrected chi connectivity index (χ3v) is 2.65. The van der Waals surface area contributed by atoms with Crippen LogP contribution in [-0.4, -0.2) is 17.1 Å². The maximum absolute atomic E-state index is 12.7. The summed E-state index contributed by atoms with van der Waals surface area (Å²) in [6.45, 7) is 0. The van der Waals surface area contributed by atoms with Crippen LogP contribution in [0.25, 0.3) is 11.3 Å². The van der Waals surface area contributed by atoms with Crippen molar-refractivity contribution < 1.29 is 17.9 Å².